The largest absolute Gasteiger partial charge is 0.301 e. The molecule has 0 bridgehead atoms. The highest BCUT2D eigenvalue weighted by atomic mass is 32.2. The number of nitrogens with zero attached hydrogens (tertiary/aromatic N) is 1. The first-order chi connectivity index (χ1) is 5.70. The maximum atomic E-state index is 10.1. The second-order valence-corrected chi connectivity index (χ2v) is 2.69. The number of aromatic nitrogens is 1. The van der Waals surface area contributed by atoms with Crippen LogP contribution < -0.4 is 5.73 Å². The van der Waals surface area contributed by atoms with Crippen LogP contribution in [0.5, 0.6) is 0 Å². The third-order valence-electron chi connectivity index (χ3n) is 1.23. The van der Waals surface area contributed by atoms with Crippen molar-refractivity contribution in [3.05, 3.63) is 30.1 Å². The minimum absolute atomic E-state index is 0.573. The summed E-state index contributed by atoms with van der Waals surface area (Å²) < 4.78 is 24.5. The Labute approximate surface area is 71.3 Å². The number of thiol groups is 1. The van der Waals surface area contributed by atoms with Crippen molar-refractivity contribution >= 4 is 11.0 Å². The lowest BCUT2D eigenvalue weighted by Crippen LogP contribution is -2.13. The fourth-order valence-electron chi connectivity index (χ4n) is 0.707. The van der Waals surface area contributed by atoms with Crippen LogP contribution in [0.15, 0.2) is 24.5 Å². The molecule has 1 heterocycles. The summed E-state index contributed by atoms with van der Waals surface area (Å²) in [5.74, 6) is 0. The van der Waals surface area contributed by atoms with E-state index in [9.17, 15) is 8.42 Å². The zero-order valence-electron chi connectivity index (χ0n) is 6.08. The molecule has 1 atom stereocenters. The molecule has 0 fully saturated rings. The van der Waals surface area contributed by atoms with Crippen molar-refractivity contribution in [2.24, 2.45) is 5.73 Å². The SMILES string of the molecule is NC(O[SH](=O)=O)c1ccncc1. The lowest BCUT2D eigenvalue weighted by Gasteiger charge is -2.06. The van der Waals surface area contributed by atoms with E-state index in [0.29, 0.717) is 5.56 Å². The summed E-state index contributed by atoms with van der Waals surface area (Å²) in [6.45, 7) is 0. The summed E-state index contributed by atoms with van der Waals surface area (Å²) in [4.78, 5) is 3.74. The summed E-state index contributed by atoms with van der Waals surface area (Å²) in [7, 11) is -2.91. The molecule has 0 aliphatic carbocycles. The van der Waals surface area contributed by atoms with Crippen LogP contribution in [0.1, 0.15) is 11.8 Å². The fourth-order valence-corrected chi connectivity index (χ4v) is 1.01. The molecule has 0 spiro atoms. The zero-order chi connectivity index (χ0) is 8.97. The zero-order valence-corrected chi connectivity index (χ0v) is 6.98. The monoisotopic (exact) mass is 188 g/mol. The highest BCUT2D eigenvalue weighted by Gasteiger charge is 2.05. The maximum absolute atomic E-state index is 10.1. The molecule has 0 amide bonds. The van der Waals surface area contributed by atoms with Crippen molar-refractivity contribution in [2.75, 3.05) is 0 Å². The van der Waals surface area contributed by atoms with Crippen molar-refractivity contribution in [2.45, 2.75) is 6.23 Å². The molecular weight excluding hydrogens is 180 g/mol. The minimum Gasteiger partial charge on any atom is -0.301 e. The van der Waals surface area contributed by atoms with Crippen LogP contribution in [0.25, 0.3) is 0 Å². The van der Waals surface area contributed by atoms with E-state index in [-0.39, 0.29) is 0 Å². The quantitative estimate of drug-likeness (QED) is 0.497. The molecular formula is C6H8N2O3S. The number of hydrogen-bond donors (Lipinski definition) is 2. The van der Waals surface area contributed by atoms with Crippen molar-refractivity contribution < 1.29 is 12.6 Å². The Hall–Kier alpha value is -0.980. The molecule has 66 valence electrons. The summed E-state index contributed by atoms with van der Waals surface area (Å²) in [6, 6.07) is 3.17. The molecule has 12 heavy (non-hydrogen) atoms. The summed E-state index contributed by atoms with van der Waals surface area (Å²) in [5.41, 5.74) is 5.94. The molecule has 2 N–H and O–H groups in total. The molecule has 0 radical (unpaired) electrons. The first-order valence-electron chi connectivity index (χ1n) is 3.17. The Bertz CT molecular complexity index is 304. The Morgan fingerprint density at radius 2 is 2.00 bits per heavy atom. The van der Waals surface area contributed by atoms with Gasteiger partial charge < -0.3 is 5.73 Å². The molecule has 0 aliphatic rings. The van der Waals surface area contributed by atoms with Crippen LogP contribution >= 0.6 is 0 Å². The third-order valence-corrected chi connectivity index (χ3v) is 1.63. The van der Waals surface area contributed by atoms with Gasteiger partial charge in [0.25, 0.3) is 11.0 Å². The van der Waals surface area contributed by atoms with Crippen molar-refractivity contribution in [1.82, 2.24) is 4.98 Å². The van der Waals surface area contributed by atoms with Gasteiger partial charge in [-0.05, 0) is 17.7 Å². The van der Waals surface area contributed by atoms with E-state index in [1.165, 1.54) is 12.4 Å². The second kappa shape index (κ2) is 4.15. The van der Waals surface area contributed by atoms with Gasteiger partial charge >= 0.3 is 0 Å². The van der Waals surface area contributed by atoms with Crippen LogP contribution in [0, 0.1) is 0 Å². The smallest absolute Gasteiger partial charge is 0.259 e. The van der Waals surface area contributed by atoms with Gasteiger partial charge in [0.1, 0.15) is 0 Å². The molecule has 0 aliphatic heterocycles. The second-order valence-electron chi connectivity index (χ2n) is 2.03. The van der Waals surface area contributed by atoms with E-state index in [2.05, 4.69) is 9.17 Å². The van der Waals surface area contributed by atoms with Gasteiger partial charge in [-0.1, -0.05) is 0 Å². The van der Waals surface area contributed by atoms with Gasteiger partial charge in [0.15, 0.2) is 6.23 Å². The van der Waals surface area contributed by atoms with Gasteiger partial charge in [-0.3, -0.25) is 4.98 Å². The number of rotatable bonds is 3. The summed E-state index contributed by atoms with van der Waals surface area (Å²) >= 11 is 0. The molecule has 0 saturated heterocycles. The first-order valence-corrected chi connectivity index (χ1v) is 4.26. The fraction of sp³-hybridized carbons (Fsp3) is 0.167. The predicted molar refractivity (Wildman–Crippen MR) is 42.6 cm³/mol. The molecule has 1 unspecified atom stereocenters. The Kier molecular flexibility index (Phi) is 3.15. The molecule has 6 heteroatoms. The molecule has 1 rings (SSSR count). The van der Waals surface area contributed by atoms with Crippen LogP contribution in [0.4, 0.5) is 0 Å². The van der Waals surface area contributed by atoms with Crippen molar-refractivity contribution in [3.63, 3.8) is 0 Å². The standard InChI is InChI=1S/C6H8N2O3S/c7-6(11-12(9)10)5-1-3-8-4-2-5/h1-4,6,12H,7H2. The molecule has 1 aromatic rings. The number of hydrogen-bond acceptors (Lipinski definition) is 5. The van der Waals surface area contributed by atoms with Crippen LogP contribution in [0.2, 0.25) is 0 Å². The van der Waals surface area contributed by atoms with E-state index in [4.69, 9.17) is 5.73 Å². The lowest BCUT2D eigenvalue weighted by atomic mass is 10.2. The average molecular weight is 188 g/mol. The van der Waals surface area contributed by atoms with E-state index >= 15 is 0 Å². The third kappa shape index (κ3) is 2.57. The highest BCUT2D eigenvalue weighted by Crippen LogP contribution is 2.08. The van der Waals surface area contributed by atoms with Gasteiger partial charge in [0.2, 0.25) is 0 Å². The van der Waals surface area contributed by atoms with Gasteiger partial charge in [0.05, 0.1) is 0 Å². The van der Waals surface area contributed by atoms with E-state index in [1.54, 1.807) is 12.1 Å². The van der Waals surface area contributed by atoms with Crippen LogP contribution in [-0.2, 0) is 15.2 Å². The van der Waals surface area contributed by atoms with E-state index in [1.807, 2.05) is 0 Å². The number of pyridine rings is 1. The van der Waals surface area contributed by atoms with Crippen molar-refractivity contribution in [3.8, 4) is 0 Å². The Balaban J connectivity index is 2.71. The van der Waals surface area contributed by atoms with Crippen LogP contribution in [0.3, 0.4) is 0 Å². The average Bonchev–Trinajstić information content (AvgIpc) is 2.05. The molecule has 0 aromatic carbocycles. The lowest BCUT2D eigenvalue weighted by molar-refractivity contribution is 0.232. The normalized spacial score (nSPS) is 13.2. The Morgan fingerprint density at radius 1 is 1.42 bits per heavy atom. The topological polar surface area (TPSA) is 82.3 Å². The van der Waals surface area contributed by atoms with Gasteiger partial charge in [0, 0.05) is 12.4 Å². The predicted octanol–water partition coefficient (Wildman–Crippen LogP) is -0.418. The van der Waals surface area contributed by atoms with Gasteiger partial charge in [-0.2, -0.15) is 0 Å². The van der Waals surface area contributed by atoms with Gasteiger partial charge in [-0.15, -0.1) is 0 Å². The summed E-state index contributed by atoms with van der Waals surface area (Å²) in [5, 5.41) is 0. The number of nitrogens with two attached hydrogens (primary N) is 1. The summed E-state index contributed by atoms with van der Waals surface area (Å²) in [6.07, 6.45) is 2.08. The molecule has 1 aromatic heterocycles. The van der Waals surface area contributed by atoms with E-state index < -0.39 is 17.2 Å². The molecule has 5 nitrogen and oxygen atoms in total. The van der Waals surface area contributed by atoms with Crippen molar-refractivity contribution in [1.29, 1.82) is 0 Å². The molecule has 0 saturated carbocycles. The first kappa shape index (κ1) is 9.11. The Morgan fingerprint density at radius 3 is 2.50 bits per heavy atom. The maximum Gasteiger partial charge on any atom is 0.259 e. The minimum atomic E-state index is -2.91. The van der Waals surface area contributed by atoms with E-state index in [0.717, 1.165) is 0 Å². The highest BCUT2D eigenvalue weighted by molar-refractivity contribution is 7.67. The van der Waals surface area contributed by atoms with Gasteiger partial charge in [-0.25, -0.2) is 12.6 Å². The van der Waals surface area contributed by atoms with Crippen LogP contribution in [-0.4, -0.2) is 13.4 Å².